The molecule has 15 heavy (non-hydrogen) atoms. The average Bonchev–Trinajstić information content (AvgIpc) is 2.18. The number of hydrogen-bond donors (Lipinski definition) is 1. The van der Waals surface area contributed by atoms with Crippen molar-refractivity contribution in [2.45, 2.75) is 31.0 Å². The number of nitrogens with zero attached hydrogens (tertiary/aromatic N) is 1. The predicted octanol–water partition coefficient (Wildman–Crippen LogP) is 2.33. The highest BCUT2D eigenvalue weighted by Crippen LogP contribution is 2.23. The lowest BCUT2D eigenvalue weighted by atomic mass is 10.3. The minimum Gasteiger partial charge on any atom is -0.352 e. The standard InChI is InChI=1S/C11H16N2OS/c1-4-12-10(14)9-6-5-7-13-11(9)15-8(2)3/h5-8H,4H2,1-3H3,(H,12,14). The van der Waals surface area contributed by atoms with Gasteiger partial charge in [0, 0.05) is 18.0 Å². The summed E-state index contributed by atoms with van der Waals surface area (Å²) in [4.78, 5) is 15.9. The second-order valence-electron chi connectivity index (χ2n) is 3.38. The summed E-state index contributed by atoms with van der Waals surface area (Å²) < 4.78 is 0. The highest BCUT2D eigenvalue weighted by molar-refractivity contribution is 7.99. The maximum absolute atomic E-state index is 11.7. The van der Waals surface area contributed by atoms with Gasteiger partial charge in [0.2, 0.25) is 0 Å². The number of aromatic nitrogens is 1. The van der Waals surface area contributed by atoms with Crippen LogP contribution in [0.5, 0.6) is 0 Å². The fourth-order valence-electron chi connectivity index (χ4n) is 1.14. The number of rotatable bonds is 4. The molecule has 0 aliphatic carbocycles. The molecule has 0 unspecified atom stereocenters. The Morgan fingerprint density at radius 3 is 2.93 bits per heavy atom. The van der Waals surface area contributed by atoms with Crippen LogP contribution in [-0.4, -0.2) is 22.7 Å². The van der Waals surface area contributed by atoms with Crippen molar-refractivity contribution in [3.63, 3.8) is 0 Å². The van der Waals surface area contributed by atoms with Crippen molar-refractivity contribution in [3.8, 4) is 0 Å². The number of carbonyl (C=O) groups is 1. The van der Waals surface area contributed by atoms with Gasteiger partial charge in [-0.1, -0.05) is 13.8 Å². The van der Waals surface area contributed by atoms with Gasteiger partial charge in [0.15, 0.2) is 0 Å². The normalized spacial score (nSPS) is 10.4. The zero-order valence-electron chi connectivity index (χ0n) is 9.28. The van der Waals surface area contributed by atoms with Crippen molar-refractivity contribution in [1.82, 2.24) is 10.3 Å². The van der Waals surface area contributed by atoms with Gasteiger partial charge in [-0.15, -0.1) is 11.8 Å². The number of thioether (sulfide) groups is 1. The van der Waals surface area contributed by atoms with Crippen LogP contribution in [0.3, 0.4) is 0 Å². The zero-order chi connectivity index (χ0) is 11.3. The molecule has 1 amide bonds. The maximum Gasteiger partial charge on any atom is 0.254 e. The molecule has 0 aliphatic rings. The summed E-state index contributed by atoms with van der Waals surface area (Å²) in [6.07, 6.45) is 1.72. The van der Waals surface area contributed by atoms with Crippen LogP contribution in [-0.2, 0) is 0 Å². The van der Waals surface area contributed by atoms with E-state index in [0.717, 1.165) is 5.03 Å². The molecule has 0 spiro atoms. The van der Waals surface area contributed by atoms with Crippen LogP contribution in [0.2, 0.25) is 0 Å². The summed E-state index contributed by atoms with van der Waals surface area (Å²) in [6.45, 7) is 6.71. The van der Waals surface area contributed by atoms with E-state index in [1.807, 2.05) is 13.0 Å². The highest BCUT2D eigenvalue weighted by atomic mass is 32.2. The Morgan fingerprint density at radius 1 is 1.60 bits per heavy atom. The number of carbonyl (C=O) groups excluding carboxylic acids is 1. The molecule has 0 aliphatic heterocycles. The average molecular weight is 224 g/mol. The molecule has 3 nitrogen and oxygen atoms in total. The van der Waals surface area contributed by atoms with E-state index in [2.05, 4.69) is 24.1 Å². The van der Waals surface area contributed by atoms with Crippen LogP contribution in [0, 0.1) is 0 Å². The summed E-state index contributed by atoms with van der Waals surface area (Å²) in [5.74, 6) is -0.0475. The lowest BCUT2D eigenvalue weighted by Crippen LogP contribution is -2.23. The summed E-state index contributed by atoms with van der Waals surface area (Å²) in [5.41, 5.74) is 0.665. The van der Waals surface area contributed by atoms with Crippen LogP contribution in [0.15, 0.2) is 23.4 Å². The second kappa shape index (κ2) is 5.75. The lowest BCUT2D eigenvalue weighted by Gasteiger charge is -2.09. The van der Waals surface area contributed by atoms with Gasteiger partial charge in [-0.2, -0.15) is 0 Å². The van der Waals surface area contributed by atoms with Crippen molar-refractivity contribution in [1.29, 1.82) is 0 Å². The van der Waals surface area contributed by atoms with Gasteiger partial charge in [0.25, 0.3) is 5.91 Å². The topological polar surface area (TPSA) is 42.0 Å². The molecule has 0 fully saturated rings. The van der Waals surface area contributed by atoms with Crippen LogP contribution < -0.4 is 5.32 Å². The summed E-state index contributed by atoms with van der Waals surface area (Å²) in [7, 11) is 0. The van der Waals surface area contributed by atoms with Crippen LogP contribution >= 0.6 is 11.8 Å². The molecule has 4 heteroatoms. The third-order valence-electron chi connectivity index (χ3n) is 1.70. The van der Waals surface area contributed by atoms with E-state index < -0.39 is 0 Å². The third-order valence-corrected chi connectivity index (χ3v) is 2.72. The molecule has 82 valence electrons. The summed E-state index contributed by atoms with van der Waals surface area (Å²) in [6, 6.07) is 3.59. The minimum atomic E-state index is -0.0475. The molecule has 0 bridgehead atoms. The van der Waals surface area contributed by atoms with E-state index in [1.165, 1.54) is 0 Å². The Balaban J connectivity index is 2.90. The van der Waals surface area contributed by atoms with Crippen molar-refractivity contribution in [2.24, 2.45) is 0 Å². The number of pyridine rings is 1. The fraction of sp³-hybridized carbons (Fsp3) is 0.455. The first-order chi connectivity index (χ1) is 7.15. The molecule has 0 aromatic carbocycles. The molecular weight excluding hydrogens is 208 g/mol. The number of hydrogen-bond acceptors (Lipinski definition) is 3. The molecule has 1 heterocycles. The highest BCUT2D eigenvalue weighted by Gasteiger charge is 2.12. The first-order valence-corrected chi connectivity index (χ1v) is 5.93. The molecule has 0 saturated carbocycles. The molecule has 0 radical (unpaired) electrons. The Bertz CT molecular complexity index is 339. The number of nitrogens with one attached hydrogen (secondary N) is 1. The van der Waals surface area contributed by atoms with Gasteiger partial charge in [0.05, 0.1) is 5.56 Å². The van der Waals surface area contributed by atoms with Crippen LogP contribution in [0.25, 0.3) is 0 Å². The van der Waals surface area contributed by atoms with Gasteiger partial charge in [0.1, 0.15) is 5.03 Å². The van der Waals surface area contributed by atoms with Crippen LogP contribution in [0.1, 0.15) is 31.1 Å². The molecule has 0 atom stereocenters. The Morgan fingerprint density at radius 2 is 2.33 bits per heavy atom. The van der Waals surface area contributed by atoms with Crippen molar-refractivity contribution in [2.75, 3.05) is 6.54 Å². The van der Waals surface area contributed by atoms with E-state index in [0.29, 0.717) is 17.4 Å². The summed E-state index contributed by atoms with van der Waals surface area (Å²) >= 11 is 1.61. The zero-order valence-corrected chi connectivity index (χ0v) is 10.1. The molecule has 1 aromatic heterocycles. The smallest absolute Gasteiger partial charge is 0.254 e. The monoisotopic (exact) mass is 224 g/mol. The minimum absolute atomic E-state index is 0.0475. The molecule has 0 saturated heterocycles. The van der Waals surface area contributed by atoms with E-state index in [1.54, 1.807) is 24.0 Å². The molecular formula is C11H16N2OS. The largest absolute Gasteiger partial charge is 0.352 e. The van der Waals surface area contributed by atoms with Gasteiger partial charge >= 0.3 is 0 Å². The van der Waals surface area contributed by atoms with E-state index in [4.69, 9.17) is 0 Å². The van der Waals surface area contributed by atoms with Gasteiger partial charge in [-0.3, -0.25) is 4.79 Å². The van der Waals surface area contributed by atoms with Gasteiger partial charge in [-0.25, -0.2) is 4.98 Å². The Hall–Kier alpha value is -1.03. The van der Waals surface area contributed by atoms with E-state index >= 15 is 0 Å². The first kappa shape index (κ1) is 12.0. The molecule has 1 aromatic rings. The van der Waals surface area contributed by atoms with Crippen molar-refractivity contribution < 1.29 is 4.79 Å². The Labute approximate surface area is 94.7 Å². The molecule has 1 rings (SSSR count). The quantitative estimate of drug-likeness (QED) is 0.798. The van der Waals surface area contributed by atoms with E-state index in [9.17, 15) is 4.79 Å². The summed E-state index contributed by atoms with van der Waals surface area (Å²) in [5, 5.41) is 4.01. The van der Waals surface area contributed by atoms with Crippen LogP contribution in [0.4, 0.5) is 0 Å². The number of amides is 1. The first-order valence-electron chi connectivity index (χ1n) is 5.05. The van der Waals surface area contributed by atoms with Crippen molar-refractivity contribution >= 4 is 17.7 Å². The SMILES string of the molecule is CCNC(=O)c1cccnc1SC(C)C. The van der Waals surface area contributed by atoms with Gasteiger partial charge < -0.3 is 5.32 Å². The van der Waals surface area contributed by atoms with Crippen molar-refractivity contribution in [3.05, 3.63) is 23.9 Å². The van der Waals surface area contributed by atoms with Gasteiger partial charge in [-0.05, 0) is 19.1 Å². The third kappa shape index (κ3) is 3.55. The predicted molar refractivity (Wildman–Crippen MR) is 63.2 cm³/mol. The van der Waals surface area contributed by atoms with E-state index in [-0.39, 0.29) is 5.91 Å². The lowest BCUT2D eigenvalue weighted by molar-refractivity contribution is 0.0952. The maximum atomic E-state index is 11.7. The molecule has 1 N–H and O–H groups in total. The Kier molecular flexibility index (Phi) is 4.62. The second-order valence-corrected chi connectivity index (χ2v) is 4.95. The fourth-order valence-corrected chi connectivity index (χ4v) is 1.99.